The van der Waals surface area contributed by atoms with Gasteiger partial charge in [0.2, 0.25) is 0 Å². The first kappa shape index (κ1) is 16.5. The Morgan fingerprint density at radius 3 is 1.38 bits per heavy atom. The van der Waals surface area contributed by atoms with E-state index < -0.39 is 7.05 Å². The van der Waals surface area contributed by atoms with Crippen LogP contribution in [-0.2, 0) is 0 Å². The molecule has 3 aromatic carbocycles. The zero-order valence-corrected chi connectivity index (χ0v) is 14.8. The van der Waals surface area contributed by atoms with Crippen molar-refractivity contribution >= 4 is 23.0 Å². The minimum atomic E-state index is -2.04. The first-order chi connectivity index (χ1) is 11.9. The molecule has 120 valence electrons. The fourth-order valence-electron chi connectivity index (χ4n) is 2.83. The highest BCUT2D eigenvalue weighted by molar-refractivity contribution is 7.87. The minimum absolute atomic E-state index is 0.988. The third-order valence-electron chi connectivity index (χ3n) is 3.97. The summed E-state index contributed by atoms with van der Waals surface area (Å²) in [5.41, 5.74) is 0. The van der Waals surface area contributed by atoms with Gasteiger partial charge < -0.3 is 0 Å². The molecule has 0 aliphatic rings. The number of hydrogen-bond acceptors (Lipinski definition) is 1. The predicted octanol–water partition coefficient (Wildman–Crippen LogP) is 5.09. The van der Waals surface area contributed by atoms with Gasteiger partial charge in [-0.05, 0) is 6.42 Å². The largest absolute Gasteiger partial charge is 0.262 e. The summed E-state index contributed by atoms with van der Waals surface area (Å²) in [6.45, 7) is 2.14. The van der Waals surface area contributed by atoms with Crippen LogP contribution in [0.1, 0.15) is 13.3 Å². The normalized spacial score (nSPS) is 11.5. The molecule has 0 N–H and O–H groups in total. The van der Waals surface area contributed by atoms with E-state index in [2.05, 4.69) is 104 Å². The van der Waals surface area contributed by atoms with Crippen LogP contribution in [0.2, 0.25) is 0 Å². The fourth-order valence-corrected chi connectivity index (χ4v) is 6.23. The van der Waals surface area contributed by atoms with E-state index in [0.29, 0.717) is 0 Å². The molecule has 0 aliphatic heterocycles. The molecular formula is C22H22NP. The van der Waals surface area contributed by atoms with Gasteiger partial charge in [0.05, 0.1) is 7.05 Å². The second-order valence-corrected chi connectivity index (χ2v) is 8.60. The second kappa shape index (κ2) is 7.95. The molecule has 0 bridgehead atoms. The van der Waals surface area contributed by atoms with Crippen LogP contribution in [0.25, 0.3) is 0 Å². The van der Waals surface area contributed by atoms with Crippen LogP contribution in [0.3, 0.4) is 0 Å². The molecule has 0 aliphatic carbocycles. The van der Waals surface area contributed by atoms with Crippen molar-refractivity contribution in [3.8, 4) is 0 Å². The maximum atomic E-state index is 5.19. The molecule has 0 radical (unpaired) electrons. The van der Waals surface area contributed by atoms with Crippen LogP contribution >= 0.6 is 7.05 Å². The Morgan fingerprint density at radius 1 is 0.667 bits per heavy atom. The SMILES string of the molecule is CC/C=C/N=P(c1ccccc1)(c1ccccc1)c1ccccc1. The molecule has 0 heterocycles. The van der Waals surface area contributed by atoms with Crippen molar-refractivity contribution < 1.29 is 0 Å². The monoisotopic (exact) mass is 331 g/mol. The van der Waals surface area contributed by atoms with Crippen molar-refractivity contribution in [2.75, 3.05) is 0 Å². The van der Waals surface area contributed by atoms with Gasteiger partial charge in [0, 0.05) is 22.1 Å². The van der Waals surface area contributed by atoms with Gasteiger partial charge in [-0.3, -0.25) is 4.74 Å². The van der Waals surface area contributed by atoms with Crippen LogP contribution in [0.15, 0.2) is 108 Å². The summed E-state index contributed by atoms with van der Waals surface area (Å²) in [5, 5.41) is 3.84. The summed E-state index contributed by atoms with van der Waals surface area (Å²) in [4.78, 5) is 0. The molecule has 1 nitrogen and oxygen atoms in total. The number of benzene rings is 3. The van der Waals surface area contributed by atoms with Crippen molar-refractivity contribution in [1.82, 2.24) is 0 Å². The molecule has 0 atom stereocenters. The Morgan fingerprint density at radius 2 is 1.04 bits per heavy atom. The van der Waals surface area contributed by atoms with Gasteiger partial charge in [0.25, 0.3) is 0 Å². The Bertz CT molecular complexity index is 733. The quantitative estimate of drug-likeness (QED) is 0.578. The van der Waals surface area contributed by atoms with Crippen LogP contribution < -0.4 is 15.9 Å². The van der Waals surface area contributed by atoms with Gasteiger partial charge >= 0.3 is 0 Å². The fraction of sp³-hybridized carbons (Fsp3) is 0.0909. The minimum Gasteiger partial charge on any atom is -0.262 e. The first-order valence-electron chi connectivity index (χ1n) is 8.31. The van der Waals surface area contributed by atoms with E-state index in [4.69, 9.17) is 4.74 Å². The average Bonchev–Trinajstić information content (AvgIpc) is 2.68. The lowest BCUT2D eigenvalue weighted by molar-refractivity contribution is 1.21. The first-order valence-corrected chi connectivity index (χ1v) is 10.1. The molecule has 0 aromatic heterocycles. The summed E-state index contributed by atoms with van der Waals surface area (Å²) in [6, 6.07) is 32.1. The van der Waals surface area contributed by atoms with E-state index in [1.807, 2.05) is 6.20 Å². The lowest BCUT2D eigenvalue weighted by atomic mass is 10.4. The Balaban J connectivity index is 2.38. The zero-order valence-electron chi connectivity index (χ0n) is 13.9. The Kier molecular flexibility index (Phi) is 5.46. The topological polar surface area (TPSA) is 12.4 Å². The molecule has 0 saturated heterocycles. The van der Waals surface area contributed by atoms with E-state index >= 15 is 0 Å². The highest BCUT2D eigenvalue weighted by atomic mass is 31.2. The lowest BCUT2D eigenvalue weighted by Gasteiger charge is -2.26. The third-order valence-corrected chi connectivity index (χ3v) is 7.59. The van der Waals surface area contributed by atoms with Crippen molar-refractivity contribution in [2.24, 2.45) is 4.74 Å². The van der Waals surface area contributed by atoms with Crippen molar-refractivity contribution in [1.29, 1.82) is 0 Å². The molecular weight excluding hydrogens is 309 g/mol. The number of hydrogen-bond donors (Lipinski definition) is 0. The van der Waals surface area contributed by atoms with Crippen molar-refractivity contribution in [3.63, 3.8) is 0 Å². The van der Waals surface area contributed by atoms with Crippen LogP contribution in [-0.4, -0.2) is 0 Å². The van der Waals surface area contributed by atoms with Gasteiger partial charge in [-0.15, -0.1) is 0 Å². The van der Waals surface area contributed by atoms with Gasteiger partial charge in [-0.1, -0.05) is 104 Å². The Labute approximate surface area is 144 Å². The summed E-state index contributed by atoms with van der Waals surface area (Å²) in [7, 11) is -2.04. The van der Waals surface area contributed by atoms with E-state index in [9.17, 15) is 0 Å². The molecule has 0 fully saturated rings. The summed E-state index contributed by atoms with van der Waals surface area (Å²) >= 11 is 0. The summed E-state index contributed by atoms with van der Waals surface area (Å²) in [6.07, 6.45) is 5.12. The maximum Gasteiger partial charge on any atom is 0.0604 e. The smallest absolute Gasteiger partial charge is 0.0604 e. The lowest BCUT2D eigenvalue weighted by Crippen LogP contribution is -2.25. The summed E-state index contributed by atoms with van der Waals surface area (Å²) in [5.74, 6) is 0. The average molecular weight is 331 g/mol. The maximum absolute atomic E-state index is 5.19. The van der Waals surface area contributed by atoms with Gasteiger partial charge in [0.1, 0.15) is 0 Å². The molecule has 3 rings (SSSR count). The summed E-state index contributed by atoms with van der Waals surface area (Å²) < 4.78 is 5.19. The highest BCUT2D eigenvalue weighted by Gasteiger charge is 2.26. The molecule has 24 heavy (non-hydrogen) atoms. The number of allylic oxidation sites excluding steroid dienone is 1. The molecule has 0 spiro atoms. The van der Waals surface area contributed by atoms with Gasteiger partial charge in [-0.25, -0.2) is 0 Å². The standard InChI is InChI=1S/C22H22NP/c1-2-3-19-23-24(20-13-7-4-8-14-20,21-15-9-5-10-16-21)22-17-11-6-12-18-22/h3-19H,2H2,1H3/b19-3+. The third kappa shape index (κ3) is 3.27. The van der Waals surface area contributed by atoms with Crippen LogP contribution in [0.5, 0.6) is 0 Å². The molecule has 2 heteroatoms. The molecule has 0 saturated carbocycles. The molecule has 3 aromatic rings. The number of rotatable bonds is 5. The van der Waals surface area contributed by atoms with Crippen molar-refractivity contribution in [2.45, 2.75) is 13.3 Å². The zero-order chi connectivity index (χ0) is 16.7. The predicted molar refractivity (Wildman–Crippen MR) is 107 cm³/mol. The van der Waals surface area contributed by atoms with E-state index in [-0.39, 0.29) is 0 Å². The highest BCUT2D eigenvalue weighted by Crippen LogP contribution is 2.46. The Hall–Kier alpha value is -2.37. The van der Waals surface area contributed by atoms with E-state index in [1.165, 1.54) is 15.9 Å². The second-order valence-electron chi connectivity index (χ2n) is 5.55. The van der Waals surface area contributed by atoms with Crippen molar-refractivity contribution in [3.05, 3.63) is 103 Å². The van der Waals surface area contributed by atoms with Crippen LogP contribution in [0, 0.1) is 0 Å². The number of nitrogens with zero attached hydrogens (tertiary/aromatic N) is 1. The van der Waals surface area contributed by atoms with Crippen LogP contribution in [0.4, 0.5) is 0 Å². The van der Waals surface area contributed by atoms with E-state index in [1.54, 1.807) is 0 Å². The van der Waals surface area contributed by atoms with Gasteiger partial charge in [0.15, 0.2) is 0 Å². The van der Waals surface area contributed by atoms with Gasteiger partial charge in [-0.2, -0.15) is 0 Å². The molecule has 0 unspecified atom stereocenters. The van der Waals surface area contributed by atoms with E-state index in [0.717, 1.165) is 6.42 Å². The molecule has 0 amide bonds.